The van der Waals surface area contributed by atoms with E-state index in [2.05, 4.69) is 130 Å². The predicted molar refractivity (Wildman–Crippen MR) is 348 cm³/mol. The Bertz CT molecular complexity index is 1610. The molecule has 1 atom stereocenters. The molecule has 0 bridgehead atoms. The molecule has 0 aliphatic carbocycles. The molecule has 0 saturated heterocycles. The maximum atomic E-state index is 12.9. The van der Waals surface area contributed by atoms with Gasteiger partial charge >= 0.3 is 17.9 Å². The van der Waals surface area contributed by atoms with E-state index in [1.165, 1.54) is 173 Å². The van der Waals surface area contributed by atoms with Gasteiger partial charge in [0.05, 0.1) is 0 Å². The van der Waals surface area contributed by atoms with Crippen molar-refractivity contribution in [2.75, 3.05) is 13.2 Å². The van der Waals surface area contributed by atoms with Crippen LogP contribution in [0.25, 0.3) is 0 Å². The second kappa shape index (κ2) is 67.6. The van der Waals surface area contributed by atoms with Crippen LogP contribution in [0.3, 0.4) is 0 Å². The van der Waals surface area contributed by atoms with Crippen molar-refractivity contribution in [2.24, 2.45) is 0 Å². The van der Waals surface area contributed by atoms with E-state index in [1.807, 2.05) is 0 Å². The average molecular weight is 1110 g/mol. The van der Waals surface area contributed by atoms with Crippen molar-refractivity contribution in [1.82, 2.24) is 0 Å². The third kappa shape index (κ3) is 64.9. The lowest BCUT2D eigenvalue weighted by molar-refractivity contribution is -0.167. The van der Waals surface area contributed by atoms with Crippen molar-refractivity contribution in [3.63, 3.8) is 0 Å². The molecule has 0 fully saturated rings. The number of ether oxygens (including phenoxy) is 3. The molecule has 6 nitrogen and oxygen atoms in total. The zero-order valence-corrected chi connectivity index (χ0v) is 52.6. The fourth-order valence-corrected chi connectivity index (χ4v) is 9.45. The van der Waals surface area contributed by atoms with Gasteiger partial charge in [0.1, 0.15) is 13.2 Å². The molecule has 458 valence electrons. The molecule has 0 aliphatic rings. The molecule has 0 saturated carbocycles. The predicted octanol–water partition coefficient (Wildman–Crippen LogP) is 23.4. The first-order chi connectivity index (χ1) is 39.5. The molecule has 0 amide bonds. The Kier molecular flexibility index (Phi) is 64.3. The number of carbonyl (C=O) groups excluding carboxylic acids is 3. The number of hydrogen-bond donors (Lipinski definition) is 0. The number of rotatable bonds is 61. The van der Waals surface area contributed by atoms with Gasteiger partial charge in [-0.2, -0.15) is 0 Å². The lowest BCUT2D eigenvalue weighted by atomic mass is 10.0. The fourth-order valence-electron chi connectivity index (χ4n) is 9.45. The Labute approximate surface area is 495 Å². The van der Waals surface area contributed by atoms with Gasteiger partial charge in [0, 0.05) is 19.3 Å². The van der Waals surface area contributed by atoms with Crippen LogP contribution in [0.15, 0.2) is 109 Å². The molecule has 0 aromatic heterocycles. The van der Waals surface area contributed by atoms with Gasteiger partial charge < -0.3 is 14.2 Å². The summed E-state index contributed by atoms with van der Waals surface area (Å²) in [6, 6.07) is 0. The van der Waals surface area contributed by atoms with Gasteiger partial charge in [0.2, 0.25) is 0 Å². The SMILES string of the molecule is CC/C=C\C/C=C\C/C=C\C/C=C\C/C=C\C/C=C\CCCCC(=O)OC(COC(=O)CCCCCCCCCC)COC(=O)CCCCCCCCCCCCCCCCCCCC/C=C\C/C=C\C/C=C\CCCCCCC. The summed E-state index contributed by atoms with van der Waals surface area (Å²) in [5, 5.41) is 0. The first kappa shape index (κ1) is 76.1. The highest BCUT2D eigenvalue weighted by Crippen LogP contribution is 2.17. The summed E-state index contributed by atoms with van der Waals surface area (Å²) in [6.07, 6.45) is 92.8. The van der Waals surface area contributed by atoms with Gasteiger partial charge in [-0.1, -0.05) is 304 Å². The Hall–Kier alpha value is -3.93. The monoisotopic (exact) mass is 1110 g/mol. The molecule has 0 radical (unpaired) electrons. The second-order valence-electron chi connectivity index (χ2n) is 22.4. The van der Waals surface area contributed by atoms with Crippen LogP contribution in [0.1, 0.15) is 323 Å². The minimum absolute atomic E-state index is 0.0935. The van der Waals surface area contributed by atoms with Crippen molar-refractivity contribution in [2.45, 2.75) is 329 Å². The van der Waals surface area contributed by atoms with Crippen LogP contribution >= 0.6 is 0 Å². The van der Waals surface area contributed by atoms with Crippen molar-refractivity contribution in [3.05, 3.63) is 109 Å². The molecule has 0 aliphatic heterocycles. The van der Waals surface area contributed by atoms with E-state index in [-0.39, 0.29) is 37.5 Å². The quantitative estimate of drug-likeness (QED) is 0.0261. The van der Waals surface area contributed by atoms with Gasteiger partial charge in [0.15, 0.2) is 6.10 Å². The van der Waals surface area contributed by atoms with E-state index in [4.69, 9.17) is 14.2 Å². The normalized spacial score (nSPS) is 12.8. The van der Waals surface area contributed by atoms with E-state index in [0.29, 0.717) is 19.3 Å². The largest absolute Gasteiger partial charge is 0.462 e. The van der Waals surface area contributed by atoms with E-state index < -0.39 is 6.10 Å². The molecule has 0 rings (SSSR count). The molecule has 1 unspecified atom stereocenters. The van der Waals surface area contributed by atoms with Crippen LogP contribution in [0.5, 0.6) is 0 Å². The van der Waals surface area contributed by atoms with Crippen LogP contribution in [0.2, 0.25) is 0 Å². The van der Waals surface area contributed by atoms with Crippen molar-refractivity contribution in [3.8, 4) is 0 Å². The van der Waals surface area contributed by atoms with Crippen LogP contribution < -0.4 is 0 Å². The molecule has 0 N–H and O–H groups in total. The van der Waals surface area contributed by atoms with Crippen LogP contribution in [-0.4, -0.2) is 37.2 Å². The molecular weight excluding hydrogens is 985 g/mol. The van der Waals surface area contributed by atoms with Gasteiger partial charge in [-0.25, -0.2) is 0 Å². The molecule has 0 aromatic rings. The zero-order valence-electron chi connectivity index (χ0n) is 52.6. The summed E-state index contributed by atoms with van der Waals surface area (Å²) < 4.78 is 16.8. The van der Waals surface area contributed by atoms with E-state index in [9.17, 15) is 14.4 Å². The fraction of sp³-hybridized carbons (Fsp3) is 0.716. The summed E-state index contributed by atoms with van der Waals surface area (Å²) >= 11 is 0. The Morgan fingerprint density at radius 2 is 0.487 bits per heavy atom. The van der Waals surface area contributed by atoms with Crippen LogP contribution in [0.4, 0.5) is 0 Å². The van der Waals surface area contributed by atoms with Gasteiger partial charge in [0.25, 0.3) is 0 Å². The highest BCUT2D eigenvalue weighted by atomic mass is 16.6. The van der Waals surface area contributed by atoms with Crippen LogP contribution in [0, 0.1) is 0 Å². The zero-order chi connectivity index (χ0) is 57.8. The standard InChI is InChI=1S/C74H126O6/c1-4-7-10-13-16-19-21-23-25-27-29-31-32-33-34-35-36-37-38-39-40-41-42-44-45-47-49-51-53-55-58-61-64-67-73(76)79-70-71(69-78-72(75)66-63-60-57-18-15-12-9-6-3)80-74(77)68-65-62-59-56-54-52-50-48-46-43-30-28-26-24-22-20-17-14-11-8-5-2/h8,11,17,20-21,23-24,26-27,29-30,32-33,43,48,50,54,56,71H,4-7,9-10,12-16,18-19,22,25,28,31,34-42,44-47,49,51-53,55,57-70H2,1-3H3/b11-8-,20-17-,23-21-,26-24-,29-27-,33-32-,43-30-,50-48-,56-54-. The van der Waals surface area contributed by atoms with Crippen LogP contribution in [-0.2, 0) is 28.6 Å². The Morgan fingerprint density at radius 1 is 0.263 bits per heavy atom. The summed E-state index contributed by atoms with van der Waals surface area (Å²) in [5.74, 6) is -0.933. The first-order valence-electron chi connectivity index (χ1n) is 33.9. The maximum absolute atomic E-state index is 12.9. The third-order valence-electron chi connectivity index (χ3n) is 14.5. The second-order valence-corrected chi connectivity index (χ2v) is 22.4. The van der Waals surface area contributed by atoms with Crippen molar-refractivity contribution in [1.29, 1.82) is 0 Å². The van der Waals surface area contributed by atoms with E-state index in [1.54, 1.807) is 0 Å². The molecule has 6 heteroatoms. The van der Waals surface area contributed by atoms with Gasteiger partial charge in [-0.3, -0.25) is 14.4 Å². The minimum atomic E-state index is -0.800. The molecule has 0 spiro atoms. The van der Waals surface area contributed by atoms with Crippen molar-refractivity contribution >= 4 is 17.9 Å². The molecule has 80 heavy (non-hydrogen) atoms. The molecule has 0 heterocycles. The smallest absolute Gasteiger partial charge is 0.306 e. The van der Waals surface area contributed by atoms with Gasteiger partial charge in [-0.15, -0.1) is 0 Å². The Balaban J connectivity index is 4.13. The number of carbonyl (C=O) groups is 3. The number of esters is 3. The number of allylic oxidation sites excluding steroid dienone is 18. The van der Waals surface area contributed by atoms with E-state index >= 15 is 0 Å². The topological polar surface area (TPSA) is 78.9 Å². The minimum Gasteiger partial charge on any atom is -0.462 e. The maximum Gasteiger partial charge on any atom is 0.306 e. The summed E-state index contributed by atoms with van der Waals surface area (Å²) in [5.41, 5.74) is 0. The summed E-state index contributed by atoms with van der Waals surface area (Å²) in [7, 11) is 0. The third-order valence-corrected chi connectivity index (χ3v) is 14.5. The first-order valence-corrected chi connectivity index (χ1v) is 33.9. The number of hydrogen-bond acceptors (Lipinski definition) is 6. The summed E-state index contributed by atoms with van der Waals surface area (Å²) in [4.78, 5) is 38.2. The van der Waals surface area contributed by atoms with E-state index in [0.717, 1.165) is 103 Å². The average Bonchev–Trinajstić information content (AvgIpc) is 3.46. The molecular formula is C74H126O6. The lowest BCUT2D eigenvalue weighted by Gasteiger charge is -2.18. The lowest BCUT2D eigenvalue weighted by Crippen LogP contribution is -2.30. The Morgan fingerprint density at radius 3 is 0.787 bits per heavy atom. The summed E-state index contributed by atoms with van der Waals surface area (Å²) in [6.45, 7) is 6.47. The van der Waals surface area contributed by atoms with Crippen molar-refractivity contribution < 1.29 is 28.6 Å². The highest BCUT2D eigenvalue weighted by molar-refractivity contribution is 5.71. The highest BCUT2D eigenvalue weighted by Gasteiger charge is 2.19. The number of unbranched alkanes of at least 4 members (excludes halogenated alkanes) is 32. The van der Waals surface area contributed by atoms with Gasteiger partial charge in [-0.05, 0) is 109 Å². The molecule has 0 aromatic carbocycles.